The molecule has 14 nitrogen and oxygen atoms in total. The number of amides is 1. The van der Waals surface area contributed by atoms with E-state index < -0.39 is 73.3 Å². The minimum Gasteiger partial charge on any atom is -0.481 e. The number of carboxylic acid groups (broad SMARTS) is 2. The number of nitrogens with zero attached hydrogens (tertiary/aromatic N) is 1. The summed E-state index contributed by atoms with van der Waals surface area (Å²) in [5, 5.41) is 19.9. The highest BCUT2D eigenvalue weighted by Crippen LogP contribution is 2.40. The molecule has 0 aromatic carbocycles. The summed E-state index contributed by atoms with van der Waals surface area (Å²) in [4.78, 5) is 60.0. The van der Waals surface area contributed by atoms with Crippen LogP contribution in [0.4, 0.5) is 0 Å². The lowest BCUT2D eigenvalue weighted by Crippen LogP contribution is -2.50. The van der Waals surface area contributed by atoms with Gasteiger partial charge in [-0.05, 0) is 4.57 Å². The predicted octanol–water partition coefficient (Wildman–Crippen LogP) is -1.53. The van der Waals surface area contributed by atoms with Gasteiger partial charge >= 0.3 is 24.9 Å². The Morgan fingerprint density at radius 2 is 2.03 bits per heavy atom. The molecular weight excluding hydrogens is 449 g/mol. The molecule has 164 valence electrons. The van der Waals surface area contributed by atoms with Crippen molar-refractivity contribution >= 4 is 37.3 Å². The molecule has 0 saturated carbocycles. The number of methoxy groups -OCH3 is 1. The van der Waals surface area contributed by atoms with Crippen molar-refractivity contribution in [3.8, 4) is 0 Å². The summed E-state index contributed by atoms with van der Waals surface area (Å²) < 4.78 is 28.2. The van der Waals surface area contributed by atoms with Crippen molar-refractivity contribution in [1.29, 1.82) is 0 Å². The molecule has 1 fully saturated rings. The lowest BCUT2D eigenvalue weighted by Gasteiger charge is -2.19. The van der Waals surface area contributed by atoms with E-state index in [0.29, 0.717) is 0 Å². The molecule has 0 spiro atoms. The maximum atomic E-state index is 12.6. The summed E-state index contributed by atoms with van der Waals surface area (Å²) in [7, 11) is -1.41. The summed E-state index contributed by atoms with van der Waals surface area (Å²) >= 11 is 3.62. The number of hydrogen-bond donors (Lipinski definition) is 5. The lowest BCUT2D eigenvalue weighted by atomic mass is 10.1. The maximum Gasteiger partial charge on any atom is 0.582 e. The quantitative estimate of drug-likeness (QED) is 0.208. The van der Waals surface area contributed by atoms with Crippen molar-refractivity contribution in [2.45, 2.75) is 37.0 Å². The van der Waals surface area contributed by atoms with Crippen LogP contribution in [0.5, 0.6) is 0 Å². The SMILES string of the molecule is COC1C(O[P+](=O)S)[C@@H](C(=O)N[C@H](CC(=O)O)C(=O)O)O[C@H]1n1ccc(=O)[nH]c1=O. The number of H-pyrrole nitrogens is 1. The Kier molecular flexibility index (Phi) is 7.86. The molecule has 0 bridgehead atoms. The van der Waals surface area contributed by atoms with E-state index in [1.807, 2.05) is 10.3 Å². The molecule has 1 aromatic rings. The number of hydrogen-bond acceptors (Lipinski definition) is 9. The highest BCUT2D eigenvalue weighted by molar-refractivity contribution is 8.39. The first-order valence-electron chi connectivity index (χ1n) is 8.12. The number of nitrogens with one attached hydrogen (secondary N) is 2. The van der Waals surface area contributed by atoms with E-state index in [-0.39, 0.29) is 0 Å². The molecular formula is C14H17N3O11PS+. The number of carbonyl (C=O) groups excluding carboxylic acids is 1. The van der Waals surface area contributed by atoms with Crippen molar-refractivity contribution in [2.24, 2.45) is 0 Å². The van der Waals surface area contributed by atoms with Crippen LogP contribution in [0.1, 0.15) is 12.6 Å². The summed E-state index contributed by atoms with van der Waals surface area (Å²) in [6.45, 7) is 0. The summed E-state index contributed by atoms with van der Waals surface area (Å²) in [6, 6.07) is -0.785. The normalized spacial score (nSPS) is 24.8. The van der Waals surface area contributed by atoms with Crippen LogP contribution in [-0.2, 0) is 32.9 Å². The molecule has 2 heterocycles. The Hall–Kier alpha value is -2.58. The van der Waals surface area contributed by atoms with Crippen LogP contribution >= 0.6 is 19.5 Å². The molecule has 0 radical (unpaired) electrons. The largest absolute Gasteiger partial charge is 0.582 e. The highest BCUT2D eigenvalue weighted by Gasteiger charge is 2.54. The number of thiol groups is 1. The Morgan fingerprint density at radius 1 is 1.37 bits per heavy atom. The van der Waals surface area contributed by atoms with Crippen LogP contribution in [0.3, 0.4) is 0 Å². The standard InChI is InChI=1S/C14H16N3O11PS/c1-26-10-8(28-29(25)30)9(11(21)15-5(13(22)23)4-7(19)20)27-12(10)17-3-2-6(18)16-14(17)24/h2-3,5,8-10,12H,4H2,1H3,(H4-,15,16,18,19,20,21,22,23,24,25,30)/p+1/t5-,8?,9+,10?,12-/m1/s1. The average molecular weight is 466 g/mol. The van der Waals surface area contributed by atoms with Gasteiger partial charge in [-0.15, -0.1) is 4.52 Å². The molecule has 1 aliphatic rings. The van der Waals surface area contributed by atoms with E-state index >= 15 is 0 Å². The number of aromatic amines is 1. The van der Waals surface area contributed by atoms with Gasteiger partial charge in [-0.1, -0.05) is 0 Å². The lowest BCUT2D eigenvalue weighted by molar-refractivity contribution is -0.149. The topological polar surface area (TPSA) is 203 Å². The van der Waals surface area contributed by atoms with Gasteiger partial charge in [0.25, 0.3) is 11.5 Å². The number of carboxylic acids is 2. The van der Waals surface area contributed by atoms with Gasteiger partial charge in [-0.3, -0.25) is 23.9 Å². The van der Waals surface area contributed by atoms with E-state index in [2.05, 4.69) is 12.2 Å². The first kappa shape index (κ1) is 23.7. The van der Waals surface area contributed by atoms with Crippen molar-refractivity contribution in [3.05, 3.63) is 33.1 Å². The smallest absolute Gasteiger partial charge is 0.481 e. The van der Waals surface area contributed by atoms with Crippen molar-refractivity contribution in [2.75, 3.05) is 7.11 Å². The number of ether oxygens (including phenoxy) is 2. The number of carbonyl (C=O) groups is 3. The molecule has 3 unspecified atom stereocenters. The zero-order valence-corrected chi connectivity index (χ0v) is 16.9. The number of aliphatic carboxylic acids is 2. The number of aromatic nitrogens is 2. The van der Waals surface area contributed by atoms with Crippen molar-refractivity contribution in [1.82, 2.24) is 14.9 Å². The second kappa shape index (κ2) is 9.95. The van der Waals surface area contributed by atoms with Crippen LogP contribution in [0.15, 0.2) is 21.9 Å². The summed E-state index contributed by atoms with van der Waals surface area (Å²) in [5.41, 5.74) is -1.60. The second-order valence-electron chi connectivity index (χ2n) is 5.97. The minimum atomic E-state index is -2.59. The zero-order valence-electron chi connectivity index (χ0n) is 15.2. The third kappa shape index (κ3) is 5.52. The van der Waals surface area contributed by atoms with Gasteiger partial charge in [0, 0.05) is 19.4 Å². The van der Waals surface area contributed by atoms with Gasteiger partial charge in [-0.2, -0.15) is 0 Å². The van der Waals surface area contributed by atoms with E-state index in [0.717, 1.165) is 16.8 Å². The molecule has 1 amide bonds. The fraction of sp³-hybridized carbons (Fsp3) is 0.500. The first-order chi connectivity index (χ1) is 14.0. The highest BCUT2D eigenvalue weighted by atomic mass is 32.7. The van der Waals surface area contributed by atoms with E-state index in [1.54, 1.807) is 0 Å². The molecule has 1 aromatic heterocycles. The monoisotopic (exact) mass is 466 g/mol. The molecule has 0 aliphatic carbocycles. The van der Waals surface area contributed by atoms with Crippen LogP contribution in [0, 0.1) is 0 Å². The van der Waals surface area contributed by atoms with Gasteiger partial charge < -0.3 is 25.0 Å². The fourth-order valence-electron chi connectivity index (χ4n) is 2.80. The van der Waals surface area contributed by atoms with Crippen LogP contribution in [0.25, 0.3) is 0 Å². The molecule has 1 saturated heterocycles. The second-order valence-corrected chi connectivity index (χ2v) is 7.64. The third-order valence-electron chi connectivity index (χ3n) is 4.05. The molecule has 1 aliphatic heterocycles. The van der Waals surface area contributed by atoms with Gasteiger partial charge in [0.15, 0.2) is 18.4 Å². The molecule has 2 rings (SSSR count). The van der Waals surface area contributed by atoms with E-state index in [4.69, 9.17) is 24.2 Å². The first-order valence-corrected chi connectivity index (χ1v) is 10.5. The zero-order chi connectivity index (χ0) is 22.6. The van der Waals surface area contributed by atoms with Crippen LogP contribution in [-0.4, -0.2) is 69.1 Å². The molecule has 4 N–H and O–H groups in total. The Balaban J connectivity index is 2.38. The van der Waals surface area contributed by atoms with Crippen molar-refractivity contribution < 1.29 is 43.2 Å². The van der Waals surface area contributed by atoms with Crippen LogP contribution < -0.4 is 16.6 Å². The molecule has 16 heteroatoms. The maximum absolute atomic E-state index is 12.6. The van der Waals surface area contributed by atoms with Gasteiger partial charge in [-0.25, -0.2) is 9.59 Å². The van der Waals surface area contributed by atoms with Gasteiger partial charge in [0.2, 0.25) is 0 Å². The summed E-state index contributed by atoms with van der Waals surface area (Å²) in [6.07, 6.45) is -5.47. The Labute approximate surface area is 173 Å². The van der Waals surface area contributed by atoms with E-state index in [1.165, 1.54) is 7.11 Å². The molecule has 6 atom stereocenters. The van der Waals surface area contributed by atoms with E-state index in [9.17, 15) is 28.5 Å². The van der Waals surface area contributed by atoms with Crippen molar-refractivity contribution in [3.63, 3.8) is 0 Å². The number of rotatable bonds is 9. The Morgan fingerprint density at radius 3 is 2.53 bits per heavy atom. The average Bonchev–Trinajstić information content (AvgIpc) is 2.98. The van der Waals surface area contributed by atoms with Crippen LogP contribution in [0.2, 0.25) is 0 Å². The minimum absolute atomic E-state index is 0.693. The molecule has 30 heavy (non-hydrogen) atoms. The predicted molar refractivity (Wildman–Crippen MR) is 99.3 cm³/mol. The van der Waals surface area contributed by atoms with Gasteiger partial charge in [0.1, 0.15) is 24.4 Å². The Bertz CT molecular complexity index is 963. The summed E-state index contributed by atoms with van der Waals surface area (Å²) in [5.74, 6) is -4.20. The third-order valence-corrected chi connectivity index (χ3v) is 4.76. The fourth-order valence-corrected chi connectivity index (χ4v) is 3.57. The van der Waals surface area contributed by atoms with Gasteiger partial charge in [0.05, 0.1) is 6.42 Å².